The third-order valence-electron chi connectivity index (χ3n) is 3.96. The standard InChI is InChI=1S/C22H24N4O2S2/c1-14(2)17-7-4-16(5-8-17)6-13-20(28)26-22(30)25-19-11-9-18(10-12-19)24-21(29)23-15(3)27/h4-14H,1-3H3,(H2,23,24,27,29)(H2,25,26,28,30)/b13-6+. The van der Waals surface area contributed by atoms with Crippen LogP contribution >= 0.6 is 24.4 Å². The molecule has 0 heterocycles. The Kier molecular flexibility index (Phi) is 8.64. The van der Waals surface area contributed by atoms with E-state index in [0.717, 1.165) is 5.56 Å². The molecular weight excluding hydrogens is 416 g/mol. The molecule has 2 aromatic rings. The average molecular weight is 441 g/mol. The van der Waals surface area contributed by atoms with Gasteiger partial charge >= 0.3 is 0 Å². The first-order valence-corrected chi connectivity index (χ1v) is 10.1. The minimum absolute atomic E-state index is 0.189. The summed E-state index contributed by atoms with van der Waals surface area (Å²) in [4.78, 5) is 23.0. The summed E-state index contributed by atoms with van der Waals surface area (Å²) in [5, 5.41) is 11.3. The van der Waals surface area contributed by atoms with Gasteiger partial charge in [0.2, 0.25) is 11.8 Å². The van der Waals surface area contributed by atoms with Crippen LogP contribution in [0.25, 0.3) is 6.08 Å². The van der Waals surface area contributed by atoms with E-state index in [0.29, 0.717) is 17.3 Å². The first-order valence-electron chi connectivity index (χ1n) is 9.31. The smallest absolute Gasteiger partial charge is 0.250 e. The van der Waals surface area contributed by atoms with E-state index in [1.54, 1.807) is 30.3 Å². The molecule has 0 fully saturated rings. The number of thiocarbonyl (C=S) groups is 2. The molecule has 0 unspecified atom stereocenters. The van der Waals surface area contributed by atoms with E-state index >= 15 is 0 Å². The van der Waals surface area contributed by atoms with Crippen LogP contribution in [0, 0.1) is 0 Å². The first-order chi connectivity index (χ1) is 14.2. The Morgan fingerprint density at radius 1 is 0.833 bits per heavy atom. The molecule has 0 spiro atoms. The lowest BCUT2D eigenvalue weighted by Gasteiger charge is -2.11. The zero-order valence-electron chi connectivity index (χ0n) is 17.0. The van der Waals surface area contributed by atoms with Crippen molar-refractivity contribution < 1.29 is 9.59 Å². The lowest BCUT2D eigenvalue weighted by atomic mass is 10.0. The van der Waals surface area contributed by atoms with Crippen LogP contribution < -0.4 is 21.3 Å². The molecule has 2 aromatic carbocycles. The zero-order chi connectivity index (χ0) is 22.1. The van der Waals surface area contributed by atoms with Gasteiger partial charge in [-0.1, -0.05) is 38.1 Å². The number of benzene rings is 2. The number of hydrogen-bond donors (Lipinski definition) is 4. The summed E-state index contributed by atoms with van der Waals surface area (Å²) in [6.07, 6.45) is 3.18. The number of anilines is 2. The second kappa shape index (κ2) is 11.2. The molecule has 0 aliphatic rings. The van der Waals surface area contributed by atoms with E-state index in [9.17, 15) is 9.59 Å². The highest BCUT2D eigenvalue weighted by atomic mass is 32.1. The summed E-state index contributed by atoms with van der Waals surface area (Å²) in [6.45, 7) is 5.65. The summed E-state index contributed by atoms with van der Waals surface area (Å²) >= 11 is 10.2. The molecule has 0 saturated heterocycles. The number of carbonyl (C=O) groups excluding carboxylic acids is 2. The van der Waals surface area contributed by atoms with E-state index in [1.165, 1.54) is 18.6 Å². The third kappa shape index (κ3) is 8.10. The Morgan fingerprint density at radius 3 is 1.80 bits per heavy atom. The third-order valence-corrected chi connectivity index (χ3v) is 4.37. The van der Waals surface area contributed by atoms with E-state index < -0.39 is 0 Å². The van der Waals surface area contributed by atoms with Crippen molar-refractivity contribution in [1.29, 1.82) is 0 Å². The van der Waals surface area contributed by atoms with Crippen LogP contribution in [0.4, 0.5) is 11.4 Å². The molecule has 0 radical (unpaired) electrons. The molecule has 156 valence electrons. The molecule has 0 aliphatic heterocycles. The fourth-order valence-electron chi connectivity index (χ4n) is 2.44. The van der Waals surface area contributed by atoms with Crippen molar-refractivity contribution in [1.82, 2.24) is 10.6 Å². The van der Waals surface area contributed by atoms with Gasteiger partial charge in [0.25, 0.3) is 0 Å². The van der Waals surface area contributed by atoms with Crippen molar-refractivity contribution in [3.63, 3.8) is 0 Å². The zero-order valence-corrected chi connectivity index (χ0v) is 18.6. The maximum absolute atomic E-state index is 12.1. The number of amides is 2. The maximum Gasteiger partial charge on any atom is 0.250 e. The Labute approximate surface area is 187 Å². The van der Waals surface area contributed by atoms with Crippen molar-refractivity contribution in [3.8, 4) is 0 Å². The van der Waals surface area contributed by atoms with Gasteiger partial charge in [-0.2, -0.15) is 0 Å². The number of rotatable bonds is 5. The van der Waals surface area contributed by atoms with Crippen molar-refractivity contribution in [2.45, 2.75) is 26.7 Å². The van der Waals surface area contributed by atoms with Gasteiger partial charge in [-0.15, -0.1) is 0 Å². The topological polar surface area (TPSA) is 82.3 Å². The van der Waals surface area contributed by atoms with Crippen LogP contribution in [-0.2, 0) is 9.59 Å². The lowest BCUT2D eigenvalue weighted by molar-refractivity contribution is -0.117. The van der Waals surface area contributed by atoms with Crippen LogP contribution in [0.2, 0.25) is 0 Å². The van der Waals surface area contributed by atoms with Crippen LogP contribution in [0.5, 0.6) is 0 Å². The van der Waals surface area contributed by atoms with Gasteiger partial charge < -0.3 is 16.0 Å². The van der Waals surface area contributed by atoms with Crippen molar-refractivity contribution >= 4 is 63.9 Å². The van der Waals surface area contributed by atoms with E-state index in [-0.39, 0.29) is 22.0 Å². The maximum atomic E-state index is 12.1. The van der Waals surface area contributed by atoms with E-state index in [2.05, 4.69) is 47.2 Å². The van der Waals surface area contributed by atoms with Gasteiger partial charge in [0.15, 0.2) is 10.2 Å². The molecule has 0 aromatic heterocycles. The van der Waals surface area contributed by atoms with Crippen LogP contribution in [0.3, 0.4) is 0 Å². The van der Waals surface area contributed by atoms with Crippen LogP contribution in [0.15, 0.2) is 54.6 Å². The minimum atomic E-state index is -0.320. The SMILES string of the molecule is CC(=O)NC(=S)Nc1ccc(NC(=S)NC(=O)/C=C/c2ccc(C(C)C)cc2)cc1. The molecule has 0 aliphatic carbocycles. The molecule has 0 atom stereocenters. The van der Waals surface area contributed by atoms with Crippen molar-refractivity contribution in [3.05, 3.63) is 65.7 Å². The molecule has 30 heavy (non-hydrogen) atoms. The highest BCUT2D eigenvalue weighted by Gasteiger charge is 2.04. The number of nitrogens with one attached hydrogen (secondary N) is 4. The summed E-state index contributed by atoms with van der Waals surface area (Å²) in [6, 6.07) is 15.1. The predicted octanol–water partition coefficient (Wildman–Crippen LogP) is 4.17. The normalized spacial score (nSPS) is 10.5. The summed E-state index contributed by atoms with van der Waals surface area (Å²) in [7, 11) is 0. The highest BCUT2D eigenvalue weighted by molar-refractivity contribution is 7.80. The van der Waals surface area contributed by atoms with Gasteiger partial charge in [-0.05, 0) is 71.8 Å². The van der Waals surface area contributed by atoms with Gasteiger partial charge in [-0.3, -0.25) is 14.9 Å². The fraction of sp³-hybridized carbons (Fsp3) is 0.182. The molecule has 0 bridgehead atoms. The van der Waals surface area contributed by atoms with Gasteiger partial charge in [0, 0.05) is 24.4 Å². The van der Waals surface area contributed by atoms with E-state index in [1.807, 2.05) is 12.1 Å². The van der Waals surface area contributed by atoms with Gasteiger partial charge in [0.05, 0.1) is 0 Å². The Hall–Kier alpha value is -3.10. The van der Waals surface area contributed by atoms with Gasteiger partial charge in [0.1, 0.15) is 0 Å². The second-order valence-corrected chi connectivity index (χ2v) is 7.63. The van der Waals surface area contributed by atoms with Gasteiger partial charge in [-0.25, -0.2) is 0 Å². The van der Waals surface area contributed by atoms with Crippen LogP contribution in [-0.4, -0.2) is 22.0 Å². The van der Waals surface area contributed by atoms with Crippen molar-refractivity contribution in [2.24, 2.45) is 0 Å². The monoisotopic (exact) mass is 440 g/mol. The molecule has 6 nitrogen and oxygen atoms in total. The molecule has 0 saturated carbocycles. The quantitative estimate of drug-likeness (QED) is 0.413. The Balaban J connectivity index is 1.83. The minimum Gasteiger partial charge on any atom is -0.332 e. The molecule has 2 rings (SSSR count). The highest BCUT2D eigenvalue weighted by Crippen LogP contribution is 2.15. The number of hydrogen-bond acceptors (Lipinski definition) is 4. The predicted molar refractivity (Wildman–Crippen MR) is 130 cm³/mol. The second-order valence-electron chi connectivity index (χ2n) is 6.81. The summed E-state index contributed by atoms with van der Waals surface area (Å²) in [5.41, 5.74) is 3.60. The molecule has 2 amide bonds. The summed E-state index contributed by atoms with van der Waals surface area (Å²) < 4.78 is 0. The van der Waals surface area contributed by atoms with Crippen LogP contribution in [0.1, 0.15) is 37.8 Å². The average Bonchev–Trinajstić information content (AvgIpc) is 2.67. The van der Waals surface area contributed by atoms with Crippen molar-refractivity contribution in [2.75, 3.05) is 10.6 Å². The Morgan fingerprint density at radius 2 is 1.33 bits per heavy atom. The molecule has 4 N–H and O–H groups in total. The molecular formula is C22H24N4O2S2. The first kappa shape index (κ1) is 23.2. The van der Waals surface area contributed by atoms with E-state index in [4.69, 9.17) is 24.4 Å². The number of carbonyl (C=O) groups is 2. The largest absolute Gasteiger partial charge is 0.332 e. The summed E-state index contributed by atoms with van der Waals surface area (Å²) in [5.74, 6) is -0.0960. The molecule has 8 heteroatoms. The Bertz CT molecular complexity index is 952. The lowest BCUT2D eigenvalue weighted by Crippen LogP contribution is -2.33. The fourth-order valence-corrected chi connectivity index (χ4v) is 2.92.